The fourth-order valence-electron chi connectivity index (χ4n) is 2.69. The molecule has 98 valence electrons. The second-order valence-corrected chi connectivity index (χ2v) is 6.50. The summed E-state index contributed by atoms with van der Waals surface area (Å²) in [6, 6.07) is 7.33. The van der Waals surface area contributed by atoms with E-state index in [9.17, 15) is 0 Å². The van der Waals surface area contributed by atoms with Gasteiger partial charge >= 0.3 is 0 Å². The van der Waals surface area contributed by atoms with Crippen LogP contribution in [0, 0.1) is 0 Å². The summed E-state index contributed by atoms with van der Waals surface area (Å²) >= 11 is 8.07. The van der Waals surface area contributed by atoms with Crippen LogP contribution in [0.1, 0.15) is 30.9 Å². The van der Waals surface area contributed by atoms with Crippen LogP contribution in [0.25, 0.3) is 0 Å². The van der Waals surface area contributed by atoms with Crippen LogP contribution in [0.2, 0.25) is 5.02 Å². The highest BCUT2D eigenvalue weighted by atomic mass is 35.5. The number of hydrogen-bond donors (Lipinski definition) is 1. The molecule has 1 unspecified atom stereocenters. The van der Waals surface area contributed by atoms with Crippen LogP contribution >= 0.6 is 23.4 Å². The maximum atomic E-state index is 6.13. The lowest BCUT2D eigenvalue weighted by Gasteiger charge is -2.32. The molecule has 1 saturated heterocycles. The Morgan fingerprint density at radius 2 is 2.06 bits per heavy atom. The molecule has 2 heterocycles. The molecule has 1 aromatic rings. The monoisotopic (exact) mass is 283 g/mol. The molecular weight excluding hydrogens is 266 g/mol. The minimum atomic E-state index is 0.461. The average Bonchev–Trinajstić information content (AvgIpc) is 2.41. The van der Waals surface area contributed by atoms with Gasteiger partial charge in [-0.2, -0.15) is 0 Å². The molecule has 0 amide bonds. The average molecular weight is 284 g/mol. The maximum Gasteiger partial charge on any atom is 0.0480 e. The molecule has 1 atom stereocenters. The molecule has 0 radical (unpaired) electrons. The van der Waals surface area contributed by atoms with Gasteiger partial charge in [-0.1, -0.05) is 11.6 Å². The summed E-state index contributed by atoms with van der Waals surface area (Å²) < 4.78 is 5.41. The van der Waals surface area contributed by atoms with Gasteiger partial charge in [-0.3, -0.25) is 0 Å². The van der Waals surface area contributed by atoms with E-state index in [4.69, 9.17) is 16.3 Å². The minimum absolute atomic E-state index is 0.461. The number of hydrogen-bond acceptors (Lipinski definition) is 3. The summed E-state index contributed by atoms with van der Waals surface area (Å²) in [5.74, 6) is 1.19. The molecule has 1 N–H and O–H groups in total. The molecule has 4 heteroatoms. The molecule has 18 heavy (non-hydrogen) atoms. The zero-order valence-electron chi connectivity index (χ0n) is 10.3. The molecule has 0 aromatic heterocycles. The largest absolute Gasteiger partial charge is 0.381 e. The van der Waals surface area contributed by atoms with Crippen LogP contribution in [0.15, 0.2) is 23.1 Å². The third-order valence-corrected chi connectivity index (χ3v) is 5.03. The van der Waals surface area contributed by atoms with Crippen LogP contribution in [-0.4, -0.2) is 25.0 Å². The molecule has 0 spiro atoms. The van der Waals surface area contributed by atoms with Crippen molar-refractivity contribution < 1.29 is 4.74 Å². The Morgan fingerprint density at radius 1 is 1.22 bits per heavy atom. The topological polar surface area (TPSA) is 21.3 Å². The van der Waals surface area contributed by atoms with Gasteiger partial charge < -0.3 is 10.1 Å². The predicted octanol–water partition coefficient (Wildman–Crippen LogP) is 3.65. The normalized spacial score (nSPS) is 24.8. The van der Waals surface area contributed by atoms with Crippen molar-refractivity contribution in [2.75, 3.05) is 19.0 Å². The van der Waals surface area contributed by atoms with Crippen LogP contribution in [0.3, 0.4) is 0 Å². The maximum absolute atomic E-state index is 6.13. The van der Waals surface area contributed by atoms with E-state index < -0.39 is 0 Å². The Kier molecular flexibility index (Phi) is 4.14. The summed E-state index contributed by atoms with van der Waals surface area (Å²) in [6.45, 7) is 1.78. The number of ether oxygens (including phenoxy) is 1. The predicted molar refractivity (Wildman–Crippen MR) is 76.5 cm³/mol. The molecule has 0 bridgehead atoms. The van der Waals surface area contributed by atoms with Gasteiger partial charge in [0.15, 0.2) is 0 Å². The Labute approximate surface area is 117 Å². The van der Waals surface area contributed by atoms with E-state index in [0.29, 0.717) is 12.1 Å². The summed E-state index contributed by atoms with van der Waals surface area (Å²) in [5, 5.41) is 4.63. The number of thioether (sulfide) groups is 1. The summed E-state index contributed by atoms with van der Waals surface area (Å²) in [4.78, 5) is 1.38. The highest BCUT2D eigenvalue weighted by molar-refractivity contribution is 7.99. The van der Waals surface area contributed by atoms with Crippen LogP contribution < -0.4 is 5.32 Å². The van der Waals surface area contributed by atoms with Crippen molar-refractivity contribution in [3.05, 3.63) is 28.8 Å². The van der Waals surface area contributed by atoms with Gasteiger partial charge in [0.2, 0.25) is 0 Å². The van der Waals surface area contributed by atoms with Crippen LogP contribution in [0.5, 0.6) is 0 Å². The van der Waals surface area contributed by atoms with E-state index in [1.54, 1.807) is 0 Å². The van der Waals surface area contributed by atoms with E-state index in [0.717, 1.165) is 31.1 Å². The number of halogens is 1. The van der Waals surface area contributed by atoms with Gasteiger partial charge in [0.25, 0.3) is 0 Å². The van der Waals surface area contributed by atoms with Crippen molar-refractivity contribution in [1.82, 2.24) is 5.32 Å². The molecule has 0 saturated carbocycles. The quantitative estimate of drug-likeness (QED) is 0.895. The first-order valence-corrected chi connectivity index (χ1v) is 7.95. The van der Waals surface area contributed by atoms with Gasteiger partial charge in [-0.05, 0) is 48.8 Å². The van der Waals surface area contributed by atoms with Crippen molar-refractivity contribution in [3.63, 3.8) is 0 Å². The molecule has 1 aromatic carbocycles. The van der Waals surface area contributed by atoms with Gasteiger partial charge in [-0.15, -0.1) is 11.8 Å². The molecule has 2 aliphatic heterocycles. The third kappa shape index (κ3) is 2.85. The lowest BCUT2D eigenvalue weighted by Crippen LogP contribution is -2.38. The van der Waals surface area contributed by atoms with Gasteiger partial charge in [0.1, 0.15) is 0 Å². The second-order valence-electron chi connectivity index (χ2n) is 4.93. The van der Waals surface area contributed by atoms with Crippen molar-refractivity contribution in [2.24, 2.45) is 0 Å². The molecule has 0 aliphatic carbocycles. The lowest BCUT2D eigenvalue weighted by atomic mass is 10.0. The van der Waals surface area contributed by atoms with E-state index in [1.165, 1.54) is 22.6 Å². The molecule has 2 nitrogen and oxygen atoms in total. The number of benzene rings is 1. The van der Waals surface area contributed by atoms with Gasteiger partial charge in [0, 0.05) is 35.2 Å². The molecular formula is C14H18ClNOS. The zero-order chi connectivity index (χ0) is 12.4. The highest BCUT2D eigenvalue weighted by Gasteiger charge is 2.24. The van der Waals surface area contributed by atoms with Crippen molar-refractivity contribution in [2.45, 2.75) is 36.2 Å². The first-order valence-electron chi connectivity index (χ1n) is 6.59. The molecule has 3 rings (SSSR count). The first-order chi connectivity index (χ1) is 8.83. The van der Waals surface area contributed by atoms with Gasteiger partial charge in [-0.25, -0.2) is 0 Å². The smallest absolute Gasteiger partial charge is 0.0480 e. The fraction of sp³-hybridized carbons (Fsp3) is 0.571. The third-order valence-electron chi connectivity index (χ3n) is 3.67. The Balaban J connectivity index is 1.75. The number of fused-ring (bicyclic) bond motifs is 1. The van der Waals surface area contributed by atoms with E-state index in [1.807, 2.05) is 17.8 Å². The highest BCUT2D eigenvalue weighted by Crippen LogP contribution is 2.38. The number of rotatable bonds is 2. The summed E-state index contributed by atoms with van der Waals surface area (Å²) in [7, 11) is 0. The standard InChI is InChI=1S/C14H18ClNOS/c15-10-1-2-14-12(9-10)13(5-8-18-14)16-11-3-6-17-7-4-11/h1-2,9,11,13,16H,3-8H2. The fourth-order valence-corrected chi connectivity index (χ4v) is 3.97. The minimum Gasteiger partial charge on any atom is -0.381 e. The van der Waals surface area contributed by atoms with Crippen molar-refractivity contribution in [1.29, 1.82) is 0 Å². The van der Waals surface area contributed by atoms with E-state index in [2.05, 4.69) is 17.4 Å². The van der Waals surface area contributed by atoms with Crippen LogP contribution in [-0.2, 0) is 4.74 Å². The molecule has 1 fully saturated rings. The SMILES string of the molecule is Clc1ccc2c(c1)C(NC1CCOCC1)CCS2. The lowest BCUT2D eigenvalue weighted by molar-refractivity contribution is 0.0745. The summed E-state index contributed by atoms with van der Waals surface area (Å²) in [5.41, 5.74) is 1.38. The zero-order valence-corrected chi connectivity index (χ0v) is 11.9. The van der Waals surface area contributed by atoms with Crippen LogP contribution in [0.4, 0.5) is 0 Å². The van der Waals surface area contributed by atoms with E-state index in [-0.39, 0.29) is 0 Å². The molecule has 2 aliphatic rings. The van der Waals surface area contributed by atoms with Crippen molar-refractivity contribution >= 4 is 23.4 Å². The van der Waals surface area contributed by atoms with Gasteiger partial charge in [0.05, 0.1) is 0 Å². The first kappa shape index (κ1) is 12.8. The summed E-state index contributed by atoms with van der Waals surface area (Å²) in [6.07, 6.45) is 3.44. The Morgan fingerprint density at radius 3 is 2.89 bits per heavy atom. The Bertz CT molecular complexity index is 420. The van der Waals surface area contributed by atoms with E-state index >= 15 is 0 Å². The Hall–Kier alpha value is -0.220. The second kappa shape index (κ2) is 5.83. The van der Waals surface area contributed by atoms with Crippen molar-refractivity contribution in [3.8, 4) is 0 Å². The number of nitrogens with one attached hydrogen (secondary N) is 1.